The van der Waals surface area contributed by atoms with Crippen LogP contribution in [0.25, 0.3) is 0 Å². The van der Waals surface area contributed by atoms with Crippen molar-refractivity contribution >= 4 is 42.9 Å². The summed E-state index contributed by atoms with van der Waals surface area (Å²) in [6.07, 6.45) is 0. The van der Waals surface area contributed by atoms with Crippen LogP contribution in [0.2, 0.25) is 0 Å². The summed E-state index contributed by atoms with van der Waals surface area (Å²) in [5.41, 5.74) is 0.575. The van der Waals surface area contributed by atoms with Gasteiger partial charge in [0.25, 0.3) is 20.2 Å². The number of anilines is 1. The van der Waals surface area contributed by atoms with E-state index < -0.39 is 47.0 Å². The smallest absolute Gasteiger partial charge is 0.316 e. The van der Waals surface area contributed by atoms with E-state index >= 15 is 0 Å². The molecule has 0 aliphatic heterocycles. The zero-order chi connectivity index (χ0) is 21.8. The predicted octanol–water partition coefficient (Wildman–Crippen LogP) is 1.97. The van der Waals surface area contributed by atoms with Crippen LogP contribution in [0.3, 0.4) is 0 Å². The molecule has 0 saturated carbocycles. The molecule has 0 heterocycles. The highest BCUT2D eigenvalue weighted by Gasteiger charge is 2.20. The van der Waals surface area contributed by atoms with Gasteiger partial charge in [-0.3, -0.25) is 13.8 Å². The number of nitrogens with one attached hydrogen (secondary N) is 1. The average Bonchev–Trinajstić information content (AvgIpc) is 2.60. The lowest BCUT2D eigenvalue weighted by Crippen LogP contribution is -2.12. The van der Waals surface area contributed by atoms with Crippen LogP contribution in [-0.4, -0.2) is 44.3 Å². The molecule has 2 aromatic carbocycles. The van der Waals surface area contributed by atoms with E-state index in [1.54, 1.807) is 0 Å². The fourth-order valence-corrected chi connectivity index (χ4v) is 3.82. The third-order valence-corrected chi connectivity index (χ3v) is 5.62. The quantitative estimate of drug-likeness (QED) is 0.388. The molecule has 0 fully saturated rings. The number of azo groups is 1. The monoisotopic (exact) mass is 465 g/mol. The second kappa shape index (κ2) is 8.83. The van der Waals surface area contributed by atoms with E-state index in [4.69, 9.17) is 18.0 Å². The number of hydrogen-bond donors (Lipinski definition) is 3. The van der Waals surface area contributed by atoms with Crippen molar-refractivity contribution < 1.29 is 39.1 Å². The van der Waals surface area contributed by atoms with Crippen LogP contribution < -0.4 is 13.6 Å². The lowest BCUT2D eigenvalue weighted by atomic mass is 10.2. The molecule has 0 saturated heterocycles. The highest BCUT2D eigenvalue weighted by molar-refractivity contribution is 7.86. The van der Waals surface area contributed by atoms with Gasteiger partial charge in [0.1, 0.15) is 17.2 Å². The summed E-state index contributed by atoms with van der Waals surface area (Å²) in [4.78, 5) is -1.76. The maximum absolute atomic E-state index is 12.2. The molecule has 15 heteroatoms. The zero-order valence-corrected chi connectivity index (χ0v) is 17.3. The Kier molecular flexibility index (Phi) is 6.91. The Bertz CT molecular complexity index is 1130. The van der Waals surface area contributed by atoms with Gasteiger partial charge in [-0.1, -0.05) is 0 Å². The number of nitrogens with zero attached hydrogens (tertiary/aromatic N) is 2. The number of rotatable bonds is 8. The van der Waals surface area contributed by atoms with Gasteiger partial charge in [-0.2, -0.15) is 31.3 Å². The highest BCUT2D eigenvalue weighted by atomic mass is 32.2. The standard InChI is InChI=1S/C14H15N3O9S3/c1-15-16-13-5-9(3-4-14(13)25-2)17-27(18)26-10-6-11(28(19,20)21)8-12(7-10)29(22,23)24/h3-8,17H,1-2H3,(H,19,20,21)(H,22,23,24). The first-order valence-corrected chi connectivity index (χ1v) is 11.3. The summed E-state index contributed by atoms with van der Waals surface area (Å²) >= 11 is -2.33. The minimum atomic E-state index is -4.83. The Morgan fingerprint density at radius 3 is 2.07 bits per heavy atom. The Hall–Kier alpha value is -2.59. The molecular weight excluding hydrogens is 450 g/mol. The van der Waals surface area contributed by atoms with Gasteiger partial charge in [0.2, 0.25) is 0 Å². The molecule has 0 aliphatic rings. The lowest BCUT2D eigenvalue weighted by molar-refractivity contribution is 0.416. The van der Waals surface area contributed by atoms with Crippen LogP contribution in [0.15, 0.2) is 56.4 Å². The van der Waals surface area contributed by atoms with Gasteiger partial charge in [0.05, 0.1) is 22.6 Å². The van der Waals surface area contributed by atoms with E-state index in [0.29, 0.717) is 17.5 Å². The van der Waals surface area contributed by atoms with Crippen LogP contribution in [0.5, 0.6) is 11.5 Å². The first kappa shape index (κ1) is 22.7. The Labute approximate surface area is 168 Å². The molecule has 1 unspecified atom stereocenters. The highest BCUT2D eigenvalue weighted by Crippen LogP contribution is 2.31. The summed E-state index contributed by atoms with van der Waals surface area (Å²) in [5, 5.41) is 7.45. The zero-order valence-electron chi connectivity index (χ0n) is 14.8. The minimum Gasteiger partial charge on any atom is -0.494 e. The van der Waals surface area contributed by atoms with Gasteiger partial charge < -0.3 is 8.92 Å². The Morgan fingerprint density at radius 2 is 1.59 bits per heavy atom. The molecule has 2 rings (SSSR count). The van der Waals surface area contributed by atoms with Crippen molar-refractivity contribution in [1.29, 1.82) is 0 Å². The second-order valence-corrected chi connectivity index (χ2v) is 8.88. The first-order chi connectivity index (χ1) is 13.4. The number of hydrogen-bond acceptors (Lipinski definition) is 9. The van der Waals surface area contributed by atoms with E-state index in [1.807, 2.05) is 0 Å². The van der Waals surface area contributed by atoms with E-state index in [1.165, 1.54) is 32.4 Å². The van der Waals surface area contributed by atoms with Gasteiger partial charge in [-0.05, 0) is 24.3 Å². The fourth-order valence-electron chi connectivity index (χ4n) is 2.04. The molecule has 12 nitrogen and oxygen atoms in total. The fraction of sp³-hybridized carbons (Fsp3) is 0.143. The molecule has 29 heavy (non-hydrogen) atoms. The van der Waals surface area contributed by atoms with Gasteiger partial charge in [0.15, 0.2) is 0 Å². The van der Waals surface area contributed by atoms with Crippen molar-refractivity contribution in [1.82, 2.24) is 0 Å². The normalized spacial score (nSPS) is 13.2. The van der Waals surface area contributed by atoms with Crippen molar-refractivity contribution in [2.75, 3.05) is 18.9 Å². The molecule has 2 aromatic rings. The molecule has 0 aliphatic carbocycles. The van der Waals surface area contributed by atoms with Gasteiger partial charge in [-0.15, -0.1) is 0 Å². The Morgan fingerprint density at radius 1 is 1.00 bits per heavy atom. The molecule has 0 aromatic heterocycles. The van der Waals surface area contributed by atoms with Crippen LogP contribution >= 0.6 is 0 Å². The minimum absolute atomic E-state index is 0.257. The molecule has 0 spiro atoms. The Balaban J connectivity index is 2.32. The van der Waals surface area contributed by atoms with E-state index in [-0.39, 0.29) is 5.69 Å². The summed E-state index contributed by atoms with van der Waals surface area (Å²) in [6.45, 7) is 0. The number of methoxy groups -OCH3 is 1. The third-order valence-electron chi connectivity index (χ3n) is 3.21. The van der Waals surface area contributed by atoms with Gasteiger partial charge in [0, 0.05) is 19.2 Å². The molecule has 0 amide bonds. The summed E-state index contributed by atoms with van der Waals surface area (Å²) < 4.78 is 88.1. The SMILES string of the molecule is CN=Nc1cc(NS(=O)Oc2cc(S(=O)(=O)O)cc(S(=O)(=O)O)c2)ccc1OC. The molecule has 0 radical (unpaired) electrons. The summed E-state index contributed by atoms with van der Waals surface area (Å²) in [5.74, 6) is -0.118. The van der Waals surface area contributed by atoms with Gasteiger partial charge in [-0.25, -0.2) is 0 Å². The van der Waals surface area contributed by atoms with Gasteiger partial charge >= 0.3 is 11.3 Å². The maximum Gasteiger partial charge on any atom is 0.316 e. The predicted molar refractivity (Wildman–Crippen MR) is 102 cm³/mol. The molecule has 3 N–H and O–H groups in total. The molecule has 1 atom stereocenters. The summed E-state index contributed by atoms with van der Waals surface area (Å²) in [6, 6.07) is 6.40. The van der Waals surface area contributed by atoms with Crippen LogP contribution in [-0.2, 0) is 31.5 Å². The molecule has 158 valence electrons. The number of ether oxygens (including phenoxy) is 1. The van der Waals surface area contributed by atoms with Crippen molar-refractivity contribution in [3.05, 3.63) is 36.4 Å². The van der Waals surface area contributed by atoms with E-state index in [9.17, 15) is 21.0 Å². The van der Waals surface area contributed by atoms with Crippen molar-refractivity contribution in [2.45, 2.75) is 9.79 Å². The number of benzene rings is 2. The van der Waals surface area contributed by atoms with E-state index in [0.717, 1.165) is 12.1 Å². The molecule has 0 bridgehead atoms. The molecular formula is C14H15N3O9S3. The summed E-state index contributed by atoms with van der Waals surface area (Å²) in [7, 11) is -6.80. The third kappa shape index (κ3) is 6.20. The van der Waals surface area contributed by atoms with Crippen LogP contribution in [0.1, 0.15) is 0 Å². The van der Waals surface area contributed by atoms with Crippen molar-refractivity contribution in [3.63, 3.8) is 0 Å². The van der Waals surface area contributed by atoms with Crippen molar-refractivity contribution in [3.8, 4) is 11.5 Å². The first-order valence-electron chi connectivity index (χ1n) is 7.38. The average molecular weight is 465 g/mol. The topological polar surface area (TPSA) is 181 Å². The van der Waals surface area contributed by atoms with Crippen LogP contribution in [0.4, 0.5) is 11.4 Å². The van der Waals surface area contributed by atoms with Crippen molar-refractivity contribution in [2.24, 2.45) is 10.2 Å². The largest absolute Gasteiger partial charge is 0.494 e. The lowest BCUT2D eigenvalue weighted by Gasteiger charge is -2.10. The maximum atomic E-state index is 12.2. The van der Waals surface area contributed by atoms with E-state index in [2.05, 4.69) is 15.0 Å². The second-order valence-electron chi connectivity index (χ2n) is 5.20. The van der Waals surface area contributed by atoms with Crippen LogP contribution in [0, 0.1) is 0 Å².